The second-order valence-corrected chi connectivity index (χ2v) is 4.01. The summed E-state index contributed by atoms with van der Waals surface area (Å²) in [5.74, 6) is 1.85. The van der Waals surface area contributed by atoms with E-state index >= 15 is 0 Å². The highest BCUT2D eigenvalue weighted by molar-refractivity contribution is 5.16. The summed E-state index contributed by atoms with van der Waals surface area (Å²) in [6.07, 6.45) is 2.70. The smallest absolute Gasteiger partial charge is 0.0105 e. The molecule has 2 saturated carbocycles. The highest BCUT2D eigenvalue weighted by Crippen LogP contribution is 2.65. The molecule has 2 aliphatic rings. The molecule has 2 N–H and O–H groups in total. The molecule has 0 aromatic carbocycles. The van der Waals surface area contributed by atoms with Gasteiger partial charge in [0.1, 0.15) is 0 Å². The molecule has 4 atom stereocenters. The summed E-state index contributed by atoms with van der Waals surface area (Å²) < 4.78 is 0. The summed E-state index contributed by atoms with van der Waals surface area (Å²) in [5, 5.41) is 0. The van der Waals surface area contributed by atoms with Gasteiger partial charge < -0.3 is 5.73 Å². The van der Waals surface area contributed by atoms with Crippen molar-refractivity contribution < 1.29 is 0 Å². The van der Waals surface area contributed by atoms with Crippen molar-refractivity contribution in [2.45, 2.75) is 32.7 Å². The van der Waals surface area contributed by atoms with Gasteiger partial charge in [-0.15, -0.1) is 0 Å². The summed E-state index contributed by atoms with van der Waals surface area (Å²) in [5.41, 5.74) is 6.45. The zero-order valence-corrected chi connectivity index (χ0v) is 6.22. The second-order valence-electron chi connectivity index (χ2n) is 4.01. The van der Waals surface area contributed by atoms with Crippen molar-refractivity contribution in [1.29, 1.82) is 0 Å². The molecule has 0 aromatic rings. The third-order valence-corrected chi connectivity index (χ3v) is 3.64. The van der Waals surface area contributed by atoms with E-state index in [1.807, 2.05) is 0 Å². The Morgan fingerprint density at radius 1 is 1.33 bits per heavy atom. The van der Waals surface area contributed by atoms with Crippen LogP contribution in [0.25, 0.3) is 0 Å². The zero-order chi connectivity index (χ0) is 6.65. The maximum atomic E-state index is 5.82. The van der Waals surface area contributed by atoms with Gasteiger partial charge >= 0.3 is 0 Å². The Labute approximate surface area is 56.6 Å². The van der Waals surface area contributed by atoms with Crippen molar-refractivity contribution in [3.05, 3.63) is 0 Å². The first-order valence-corrected chi connectivity index (χ1v) is 3.92. The maximum absolute atomic E-state index is 5.82. The summed E-state index contributed by atoms with van der Waals surface area (Å²) in [6, 6.07) is 0.559. The predicted octanol–water partition coefficient (Wildman–Crippen LogP) is 1.38. The first kappa shape index (κ1) is 5.72. The normalized spacial score (nSPS) is 63.7. The van der Waals surface area contributed by atoms with Gasteiger partial charge in [-0.2, -0.15) is 0 Å². The molecule has 4 unspecified atom stereocenters. The lowest BCUT2D eigenvalue weighted by Gasteiger charge is -2.42. The molecule has 2 rings (SSSR count). The molecule has 0 saturated heterocycles. The average molecular weight is 125 g/mol. The molecule has 0 amide bonds. The fourth-order valence-corrected chi connectivity index (χ4v) is 2.48. The van der Waals surface area contributed by atoms with Gasteiger partial charge in [-0.05, 0) is 30.1 Å². The first-order valence-electron chi connectivity index (χ1n) is 3.92. The lowest BCUT2D eigenvalue weighted by Crippen LogP contribution is -2.38. The Kier molecular flexibility index (Phi) is 0.852. The van der Waals surface area contributed by atoms with Gasteiger partial charge in [0.05, 0.1) is 0 Å². The molecule has 0 aromatic heterocycles. The van der Waals surface area contributed by atoms with E-state index in [-0.39, 0.29) is 0 Å². The zero-order valence-electron chi connectivity index (χ0n) is 6.22. The largest absolute Gasteiger partial charge is 0.327 e. The monoisotopic (exact) mass is 125 g/mol. The van der Waals surface area contributed by atoms with E-state index in [2.05, 4.69) is 13.8 Å². The summed E-state index contributed by atoms with van der Waals surface area (Å²) in [6.45, 7) is 4.68. The van der Waals surface area contributed by atoms with Crippen LogP contribution < -0.4 is 5.73 Å². The van der Waals surface area contributed by atoms with E-state index in [4.69, 9.17) is 5.73 Å². The summed E-state index contributed by atoms with van der Waals surface area (Å²) in [7, 11) is 0. The minimum atomic E-state index is 0.559. The highest BCUT2D eigenvalue weighted by atomic mass is 14.9. The standard InChI is InChI=1S/C8H15N/c1-5-3-8(6(5)2)4-7(8)9/h5-7H,3-4,9H2,1-2H3. The first-order chi connectivity index (χ1) is 4.17. The molecule has 0 aliphatic heterocycles. The maximum Gasteiger partial charge on any atom is 0.0105 e. The van der Waals surface area contributed by atoms with Crippen LogP contribution in [0.5, 0.6) is 0 Å². The molecule has 2 fully saturated rings. The molecule has 0 radical (unpaired) electrons. The number of nitrogens with two attached hydrogens (primary N) is 1. The van der Waals surface area contributed by atoms with Crippen molar-refractivity contribution in [3.63, 3.8) is 0 Å². The fraction of sp³-hybridized carbons (Fsp3) is 1.00. The van der Waals surface area contributed by atoms with Crippen LogP contribution >= 0.6 is 0 Å². The quantitative estimate of drug-likeness (QED) is 0.520. The van der Waals surface area contributed by atoms with Gasteiger partial charge in [0.15, 0.2) is 0 Å². The van der Waals surface area contributed by atoms with Crippen LogP contribution in [0, 0.1) is 17.3 Å². The lowest BCUT2D eigenvalue weighted by molar-refractivity contribution is 0.0731. The molecular formula is C8H15N. The van der Waals surface area contributed by atoms with E-state index in [0.29, 0.717) is 11.5 Å². The van der Waals surface area contributed by atoms with Crippen LogP contribution in [-0.4, -0.2) is 6.04 Å². The van der Waals surface area contributed by atoms with Gasteiger partial charge in [0, 0.05) is 6.04 Å². The molecule has 9 heavy (non-hydrogen) atoms. The fourth-order valence-electron chi connectivity index (χ4n) is 2.48. The third-order valence-electron chi connectivity index (χ3n) is 3.64. The van der Waals surface area contributed by atoms with Crippen LogP contribution in [0.1, 0.15) is 26.7 Å². The molecule has 0 heterocycles. The van der Waals surface area contributed by atoms with Crippen LogP contribution in [0.2, 0.25) is 0 Å². The topological polar surface area (TPSA) is 26.0 Å². The van der Waals surface area contributed by atoms with Gasteiger partial charge in [-0.3, -0.25) is 0 Å². The van der Waals surface area contributed by atoms with Gasteiger partial charge in [-0.25, -0.2) is 0 Å². The Balaban J connectivity index is 2.05. The highest BCUT2D eigenvalue weighted by Gasteiger charge is 2.63. The summed E-state index contributed by atoms with van der Waals surface area (Å²) in [4.78, 5) is 0. The average Bonchev–Trinajstić information content (AvgIpc) is 2.45. The minimum Gasteiger partial charge on any atom is -0.327 e. The molecular weight excluding hydrogens is 110 g/mol. The Bertz CT molecular complexity index is 144. The third kappa shape index (κ3) is 0.493. The Morgan fingerprint density at radius 2 is 1.89 bits per heavy atom. The van der Waals surface area contributed by atoms with Gasteiger partial charge in [0.2, 0.25) is 0 Å². The number of hydrogen-bond donors (Lipinski definition) is 1. The molecule has 2 aliphatic carbocycles. The van der Waals surface area contributed by atoms with Crippen molar-refractivity contribution >= 4 is 0 Å². The summed E-state index contributed by atoms with van der Waals surface area (Å²) >= 11 is 0. The van der Waals surface area contributed by atoms with Crippen LogP contribution in [0.15, 0.2) is 0 Å². The van der Waals surface area contributed by atoms with Crippen LogP contribution in [0.3, 0.4) is 0 Å². The van der Waals surface area contributed by atoms with Crippen molar-refractivity contribution in [3.8, 4) is 0 Å². The molecule has 1 spiro atoms. The SMILES string of the molecule is CC1CC2(CC2N)C1C. The van der Waals surface area contributed by atoms with Crippen molar-refractivity contribution in [2.24, 2.45) is 23.0 Å². The van der Waals surface area contributed by atoms with Crippen LogP contribution in [0.4, 0.5) is 0 Å². The van der Waals surface area contributed by atoms with E-state index in [0.717, 1.165) is 11.8 Å². The van der Waals surface area contributed by atoms with Gasteiger partial charge in [-0.1, -0.05) is 13.8 Å². The molecule has 52 valence electrons. The van der Waals surface area contributed by atoms with Gasteiger partial charge in [0.25, 0.3) is 0 Å². The Morgan fingerprint density at radius 3 is 2.00 bits per heavy atom. The lowest BCUT2D eigenvalue weighted by atomic mass is 9.63. The predicted molar refractivity (Wildman–Crippen MR) is 38.0 cm³/mol. The molecule has 0 bridgehead atoms. The van der Waals surface area contributed by atoms with E-state index in [9.17, 15) is 0 Å². The molecule has 1 heteroatoms. The minimum absolute atomic E-state index is 0.559. The van der Waals surface area contributed by atoms with E-state index < -0.39 is 0 Å². The Hall–Kier alpha value is -0.0400. The number of rotatable bonds is 0. The van der Waals surface area contributed by atoms with E-state index in [1.165, 1.54) is 12.8 Å². The van der Waals surface area contributed by atoms with Crippen molar-refractivity contribution in [1.82, 2.24) is 0 Å². The van der Waals surface area contributed by atoms with Crippen molar-refractivity contribution in [2.75, 3.05) is 0 Å². The van der Waals surface area contributed by atoms with E-state index in [1.54, 1.807) is 0 Å². The second kappa shape index (κ2) is 1.34. The molecule has 1 nitrogen and oxygen atoms in total. The number of hydrogen-bond acceptors (Lipinski definition) is 1. The van der Waals surface area contributed by atoms with Crippen LogP contribution in [-0.2, 0) is 0 Å².